The van der Waals surface area contributed by atoms with E-state index in [4.69, 9.17) is 34.1 Å². The van der Waals surface area contributed by atoms with Gasteiger partial charge >= 0.3 is 0 Å². The molecule has 15 heavy (non-hydrogen) atoms. The average Bonchev–Trinajstić information content (AvgIpc) is 2.34. The molecule has 0 aliphatic heterocycles. The molecule has 0 amide bonds. The number of aromatic nitrogens is 2. The number of nitrogens with two attached hydrogens (primary N) is 2. The van der Waals surface area contributed by atoms with Crippen LogP contribution in [0.2, 0.25) is 0 Å². The van der Waals surface area contributed by atoms with Crippen molar-refractivity contribution in [2.24, 2.45) is 0 Å². The van der Waals surface area contributed by atoms with E-state index in [2.05, 4.69) is 5.10 Å². The highest BCUT2D eigenvalue weighted by atomic mass is 32.3. The van der Waals surface area contributed by atoms with E-state index in [1.165, 1.54) is 10.9 Å². The van der Waals surface area contributed by atoms with E-state index >= 15 is 0 Å². The fourth-order valence-electron chi connectivity index (χ4n) is 0.682. The van der Waals surface area contributed by atoms with Crippen LogP contribution in [0.25, 0.3) is 0 Å². The lowest BCUT2D eigenvalue weighted by Crippen LogP contribution is -2.07. The molecule has 0 spiro atoms. The van der Waals surface area contributed by atoms with Gasteiger partial charge in [-0.2, -0.15) is 5.10 Å². The zero-order valence-corrected chi connectivity index (χ0v) is 8.35. The first-order valence-electron chi connectivity index (χ1n) is 3.60. The molecule has 1 aromatic rings. The number of anilines is 2. The van der Waals surface area contributed by atoms with Gasteiger partial charge in [0.15, 0.2) is 0 Å². The molecule has 10 heteroatoms. The Labute approximate surface area is 85.9 Å². The lowest BCUT2D eigenvalue weighted by atomic mass is 10.5. The minimum absolute atomic E-state index is 0.0192. The van der Waals surface area contributed by atoms with Crippen molar-refractivity contribution in [1.82, 2.24) is 9.78 Å². The summed E-state index contributed by atoms with van der Waals surface area (Å²) in [5, 5.41) is 12.3. The van der Waals surface area contributed by atoms with Crippen LogP contribution in [0.5, 0.6) is 0 Å². The Morgan fingerprint density at radius 2 is 1.93 bits per heavy atom. The Morgan fingerprint density at radius 1 is 1.47 bits per heavy atom. The molecule has 1 heterocycles. The van der Waals surface area contributed by atoms with Crippen LogP contribution in [0.3, 0.4) is 0 Å². The topological polar surface area (TPSA) is 170 Å². The van der Waals surface area contributed by atoms with Crippen molar-refractivity contribution in [3.8, 4) is 0 Å². The Hall–Kier alpha value is -1.36. The van der Waals surface area contributed by atoms with Crippen LogP contribution in [0, 0.1) is 0 Å². The maximum Gasteiger partial charge on any atom is 0.145 e. The van der Waals surface area contributed by atoms with Gasteiger partial charge in [0.05, 0.1) is 25.0 Å². The number of hydrogen-bond acceptors (Lipinski definition) is 8. The summed E-state index contributed by atoms with van der Waals surface area (Å²) in [7, 11) is -5.17. The third kappa shape index (κ3) is 6.68. The molecule has 88 valence electrons. The molecule has 0 atom stereocenters. The summed E-state index contributed by atoms with van der Waals surface area (Å²) in [6, 6.07) is 0. The van der Waals surface area contributed by atoms with Crippen LogP contribution in [0.15, 0.2) is 6.20 Å². The number of nitrogens with zero attached hydrogens (tertiary/aromatic N) is 2. The first-order valence-corrected chi connectivity index (χ1v) is 4.93. The van der Waals surface area contributed by atoms with Gasteiger partial charge in [0.2, 0.25) is 0 Å². The molecule has 0 aliphatic carbocycles. The van der Waals surface area contributed by atoms with E-state index in [1.807, 2.05) is 0 Å². The highest BCUT2D eigenvalue weighted by Gasteiger charge is 2.00. The zero-order chi connectivity index (χ0) is 12.1. The average molecular weight is 238 g/mol. The molecule has 1 rings (SSSR count). The van der Waals surface area contributed by atoms with E-state index in [0.717, 1.165) is 0 Å². The Morgan fingerprint density at radius 3 is 2.20 bits per heavy atom. The smallest absolute Gasteiger partial charge is 0.145 e. The van der Waals surface area contributed by atoms with Gasteiger partial charge in [0, 0.05) is 10.4 Å². The predicted molar refractivity (Wildman–Crippen MR) is 48.6 cm³/mol. The van der Waals surface area contributed by atoms with E-state index in [9.17, 15) is 0 Å². The molecule has 0 saturated carbocycles. The quantitative estimate of drug-likeness (QED) is 0.381. The Bertz CT molecular complexity index is 392. The van der Waals surface area contributed by atoms with E-state index in [-0.39, 0.29) is 6.61 Å². The third-order valence-corrected chi connectivity index (χ3v) is 1.22. The lowest BCUT2D eigenvalue weighted by Gasteiger charge is -2.06. The highest BCUT2D eigenvalue weighted by molar-refractivity contribution is 7.79. The molecule has 0 radical (unpaired) electrons. The summed E-state index contributed by atoms with van der Waals surface area (Å²) in [6.07, 6.45) is 1.46. The van der Waals surface area contributed by atoms with Crippen molar-refractivity contribution in [2.75, 3.05) is 18.1 Å². The summed E-state index contributed by atoms with van der Waals surface area (Å²) in [6.45, 7) is 0.411. The SMILES string of the molecule is Nc1cnn(CCO)c1N.O=S(=O)([O-])[O-]. The van der Waals surface area contributed by atoms with Gasteiger partial charge in [-0.15, -0.1) is 0 Å². The zero-order valence-electron chi connectivity index (χ0n) is 7.53. The van der Waals surface area contributed by atoms with Crippen LogP contribution in [-0.4, -0.2) is 39.0 Å². The van der Waals surface area contributed by atoms with Crippen LogP contribution in [-0.2, 0) is 16.9 Å². The summed E-state index contributed by atoms with van der Waals surface area (Å²) < 4.78 is 35.5. The molecule has 0 unspecified atom stereocenters. The first-order chi connectivity index (χ1) is 6.75. The molecule has 5 N–H and O–H groups in total. The largest absolute Gasteiger partial charge is 0.759 e. The van der Waals surface area contributed by atoms with Gasteiger partial charge < -0.3 is 25.7 Å². The third-order valence-electron chi connectivity index (χ3n) is 1.22. The van der Waals surface area contributed by atoms with Crippen molar-refractivity contribution < 1.29 is 22.6 Å². The number of aliphatic hydroxyl groups is 1. The summed E-state index contributed by atoms with van der Waals surface area (Å²) >= 11 is 0. The van der Waals surface area contributed by atoms with E-state index < -0.39 is 10.4 Å². The predicted octanol–water partition coefficient (Wildman–Crippen LogP) is -2.30. The van der Waals surface area contributed by atoms with Gasteiger partial charge in [0.25, 0.3) is 0 Å². The molecule has 0 bridgehead atoms. The standard InChI is InChI=1S/C5H10N4O.H2O4S/c6-4-3-8-9(1-2-10)5(4)7;1-5(2,3)4/h3,10H,1-2,6-7H2;(H2,1,2,3,4)/p-2. The normalized spacial score (nSPS) is 10.6. The maximum absolute atomic E-state index is 8.52. The van der Waals surface area contributed by atoms with Crippen LogP contribution < -0.4 is 11.5 Å². The molecule has 0 saturated heterocycles. The van der Waals surface area contributed by atoms with Gasteiger partial charge in [-0.1, -0.05) is 0 Å². The molecule has 0 aromatic carbocycles. The number of rotatable bonds is 2. The maximum atomic E-state index is 8.52. The van der Waals surface area contributed by atoms with Crippen LogP contribution in [0.1, 0.15) is 0 Å². The fourth-order valence-corrected chi connectivity index (χ4v) is 0.682. The Balaban J connectivity index is 0.000000336. The second kappa shape index (κ2) is 5.50. The minimum Gasteiger partial charge on any atom is -0.759 e. The van der Waals surface area contributed by atoms with Crippen LogP contribution in [0.4, 0.5) is 11.5 Å². The number of hydrogen-bond donors (Lipinski definition) is 3. The summed E-state index contributed by atoms with van der Waals surface area (Å²) in [5.74, 6) is 0.411. The van der Waals surface area contributed by atoms with Crippen molar-refractivity contribution in [3.63, 3.8) is 0 Å². The van der Waals surface area contributed by atoms with Gasteiger partial charge in [-0.25, -0.2) is 4.68 Å². The minimum atomic E-state index is -5.17. The monoisotopic (exact) mass is 238 g/mol. The molecule has 0 aliphatic rings. The highest BCUT2D eigenvalue weighted by Crippen LogP contribution is 2.11. The van der Waals surface area contributed by atoms with Crippen molar-refractivity contribution in [2.45, 2.75) is 6.54 Å². The second-order valence-corrected chi connectivity index (χ2v) is 3.16. The summed E-state index contributed by atoms with van der Waals surface area (Å²) in [5.41, 5.74) is 11.3. The van der Waals surface area contributed by atoms with Crippen molar-refractivity contribution >= 4 is 21.9 Å². The molecule has 1 aromatic heterocycles. The Kier molecular flexibility index (Phi) is 5.00. The fraction of sp³-hybridized carbons (Fsp3) is 0.400. The molecular formula is C5H10N4O5S-2. The van der Waals surface area contributed by atoms with E-state index in [0.29, 0.717) is 18.1 Å². The van der Waals surface area contributed by atoms with Crippen molar-refractivity contribution in [1.29, 1.82) is 0 Å². The van der Waals surface area contributed by atoms with Gasteiger partial charge in [0.1, 0.15) is 5.82 Å². The van der Waals surface area contributed by atoms with Crippen molar-refractivity contribution in [3.05, 3.63) is 6.20 Å². The van der Waals surface area contributed by atoms with E-state index in [1.54, 1.807) is 0 Å². The molecular weight excluding hydrogens is 228 g/mol. The lowest BCUT2D eigenvalue weighted by molar-refractivity contribution is 0.270. The first kappa shape index (κ1) is 13.6. The van der Waals surface area contributed by atoms with Crippen LogP contribution >= 0.6 is 0 Å². The second-order valence-electron chi connectivity index (χ2n) is 2.34. The summed E-state index contributed by atoms with van der Waals surface area (Å²) in [4.78, 5) is 0. The van der Waals surface area contributed by atoms with Gasteiger partial charge in [-0.05, 0) is 0 Å². The molecule has 9 nitrogen and oxygen atoms in total. The molecule has 0 fully saturated rings. The van der Waals surface area contributed by atoms with Gasteiger partial charge in [-0.3, -0.25) is 8.42 Å². The number of nitrogen functional groups attached to an aromatic ring is 2. The number of aliphatic hydroxyl groups excluding tert-OH is 1.